The largest absolute Gasteiger partial charge is 0.496 e. The summed E-state index contributed by atoms with van der Waals surface area (Å²) in [5, 5.41) is 15.7. The summed E-state index contributed by atoms with van der Waals surface area (Å²) in [6.07, 6.45) is 0.0758. The molecule has 166 valence electrons. The summed E-state index contributed by atoms with van der Waals surface area (Å²) in [5.41, 5.74) is 1.38. The molecule has 1 aliphatic rings. The predicted molar refractivity (Wildman–Crippen MR) is 114 cm³/mol. The van der Waals surface area contributed by atoms with Gasteiger partial charge in [-0.1, -0.05) is 25.1 Å². The molecule has 2 aromatic rings. The molecule has 0 aliphatic carbocycles. The number of carbonyl (C=O) groups is 3. The SMILES string of the molecule is CCC1C(=O)NC(n2nc(C)cc2NC(=O)C(=O)NCc2ccccc2OC)NC1C. The highest BCUT2D eigenvalue weighted by molar-refractivity contribution is 6.39. The van der Waals surface area contributed by atoms with Gasteiger partial charge in [-0.05, 0) is 26.3 Å². The van der Waals surface area contributed by atoms with Crippen LogP contribution < -0.4 is 26.0 Å². The average Bonchev–Trinajstić information content (AvgIpc) is 3.11. The van der Waals surface area contributed by atoms with Gasteiger partial charge in [0.25, 0.3) is 0 Å². The van der Waals surface area contributed by atoms with Crippen LogP contribution in [0.25, 0.3) is 0 Å². The normalized spacial score (nSPS) is 20.6. The van der Waals surface area contributed by atoms with E-state index in [9.17, 15) is 14.4 Å². The van der Waals surface area contributed by atoms with Gasteiger partial charge in [-0.25, -0.2) is 4.68 Å². The highest BCUT2D eigenvalue weighted by atomic mass is 16.5. The van der Waals surface area contributed by atoms with Crippen LogP contribution in [0.5, 0.6) is 5.75 Å². The van der Waals surface area contributed by atoms with Crippen LogP contribution in [0, 0.1) is 12.8 Å². The summed E-state index contributed by atoms with van der Waals surface area (Å²) in [7, 11) is 1.54. The van der Waals surface area contributed by atoms with Crippen LogP contribution in [0.3, 0.4) is 0 Å². The zero-order valence-electron chi connectivity index (χ0n) is 18.1. The van der Waals surface area contributed by atoms with Gasteiger partial charge in [0.05, 0.1) is 18.7 Å². The van der Waals surface area contributed by atoms with Gasteiger partial charge in [-0.2, -0.15) is 5.10 Å². The molecule has 3 atom stereocenters. The lowest BCUT2D eigenvalue weighted by atomic mass is 9.95. The third-order valence-corrected chi connectivity index (χ3v) is 5.26. The number of aromatic nitrogens is 2. The molecular weight excluding hydrogens is 400 g/mol. The lowest BCUT2D eigenvalue weighted by Crippen LogP contribution is -2.57. The summed E-state index contributed by atoms with van der Waals surface area (Å²) >= 11 is 0. The molecule has 31 heavy (non-hydrogen) atoms. The zero-order valence-corrected chi connectivity index (χ0v) is 18.1. The number of hydrogen-bond donors (Lipinski definition) is 4. The maximum Gasteiger partial charge on any atom is 0.314 e. The molecule has 0 saturated carbocycles. The van der Waals surface area contributed by atoms with Gasteiger partial charge in [0, 0.05) is 24.2 Å². The topological polar surface area (TPSA) is 126 Å². The summed E-state index contributed by atoms with van der Waals surface area (Å²) in [6, 6.07) is 8.79. The second-order valence-electron chi connectivity index (χ2n) is 7.45. The van der Waals surface area contributed by atoms with Crippen LogP contribution in [0.2, 0.25) is 0 Å². The van der Waals surface area contributed by atoms with E-state index in [1.165, 1.54) is 4.68 Å². The van der Waals surface area contributed by atoms with E-state index < -0.39 is 18.1 Å². The first kappa shape index (κ1) is 22.3. The first-order valence-corrected chi connectivity index (χ1v) is 10.2. The number of ether oxygens (including phenoxy) is 1. The number of rotatable bonds is 6. The van der Waals surface area contributed by atoms with E-state index >= 15 is 0 Å². The lowest BCUT2D eigenvalue weighted by molar-refractivity contribution is -0.136. The number of aryl methyl sites for hydroxylation is 1. The second kappa shape index (κ2) is 9.61. The molecule has 2 heterocycles. The molecule has 3 amide bonds. The second-order valence-corrected chi connectivity index (χ2v) is 7.45. The summed E-state index contributed by atoms with van der Waals surface area (Å²) in [4.78, 5) is 37.2. The molecule has 1 aliphatic heterocycles. The van der Waals surface area contributed by atoms with Crippen LogP contribution >= 0.6 is 0 Å². The molecule has 3 unspecified atom stereocenters. The predicted octanol–water partition coefficient (Wildman–Crippen LogP) is 1.05. The van der Waals surface area contributed by atoms with Crippen LogP contribution in [0.15, 0.2) is 30.3 Å². The van der Waals surface area contributed by atoms with E-state index in [1.54, 1.807) is 32.2 Å². The number of nitrogens with zero attached hydrogens (tertiary/aromatic N) is 2. The number of benzene rings is 1. The van der Waals surface area contributed by atoms with Gasteiger partial charge in [0.15, 0.2) is 6.29 Å². The van der Waals surface area contributed by atoms with Crippen LogP contribution in [0.4, 0.5) is 5.82 Å². The van der Waals surface area contributed by atoms with Crippen molar-refractivity contribution in [3.63, 3.8) is 0 Å². The molecule has 4 N–H and O–H groups in total. The minimum absolute atomic E-state index is 0.0686. The van der Waals surface area contributed by atoms with Gasteiger partial charge in [0.1, 0.15) is 11.6 Å². The lowest BCUT2D eigenvalue weighted by Gasteiger charge is -2.35. The molecular formula is C21H28N6O4. The molecule has 0 spiro atoms. The van der Waals surface area contributed by atoms with Gasteiger partial charge in [0.2, 0.25) is 5.91 Å². The summed E-state index contributed by atoms with van der Waals surface area (Å²) in [6.45, 7) is 5.79. The Morgan fingerprint density at radius 2 is 2.00 bits per heavy atom. The Labute approximate surface area is 180 Å². The maximum atomic E-state index is 12.5. The maximum absolute atomic E-state index is 12.5. The highest BCUT2D eigenvalue weighted by Crippen LogP contribution is 2.21. The number of anilines is 1. The number of amides is 3. The van der Waals surface area contributed by atoms with E-state index in [1.807, 2.05) is 26.0 Å². The molecule has 1 saturated heterocycles. The Bertz CT molecular complexity index is 973. The molecule has 0 radical (unpaired) electrons. The van der Waals surface area contributed by atoms with Crippen molar-refractivity contribution in [1.82, 2.24) is 25.7 Å². The molecule has 0 bridgehead atoms. The molecule has 10 nitrogen and oxygen atoms in total. The molecule has 1 aromatic heterocycles. The fourth-order valence-corrected chi connectivity index (χ4v) is 3.63. The van der Waals surface area contributed by atoms with E-state index in [0.717, 1.165) is 5.56 Å². The quantitative estimate of drug-likeness (QED) is 0.510. The van der Waals surface area contributed by atoms with E-state index in [-0.39, 0.29) is 24.4 Å². The van der Waals surface area contributed by atoms with Crippen LogP contribution in [-0.4, -0.2) is 40.7 Å². The number of nitrogens with one attached hydrogen (secondary N) is 4. The number of hydrogen-bond acceptors (Lipinski definition) is 6. The first-order chi connectivity index (χ1) is 14.8. The van der Waals surface area contributed by atoms with Gasteiger partial charge in [-0.15, -0.1) is 0 Å². The van der Waals surface area contributed by atoms with Crippen molar-refractivity contribution in [3.8, 4) is 5.75 Å². The van der Waals surface area contributed by atoms with Crippen molar-refractivity contribution in [2.75, 3.05) is 12.4 Å². The zero-order chi connectivity index (χ0) is 22.5. The van der Waals surface area contributed by atoms with Gasteiger partial charge >= 0.3 is 11.8 Å². The Morgan fingerprint density at radius 3 is 2.68 bits per heavy atom. The van der Waals surface area contributed by atoms with Crippen molar-refractivity contribution in [3.05, 3.63) is 41.6 Å². The minimum Gasteiger partial charge on any atom is -0.496 e. The standard InChI is InChI=1S/C21H28N6O4/c1-5-15-13(3)23-21(25-18(15)28)27-17(10-12(2)26-27)24-20(30)19(29)22-11-14-8-6-7-9-16(14)31-4/h6-10,13,15,21,23H,5,11H2,1-4H3,(H,22,29)(H,24,30)(H,25,28). The van der Waals surface area contributed by atoms with Gasteiger partial charge in [-0.3, -0.25) is 19.7 Å². The summed E-state index contributed by atoms with van der Waals surface area (Å²) in [5.74, 6) is -0.940. The van der Waals surface area contributed by atoms with Crippen molar-refractivity contribution >= 4 is 23.5 Å². The Morgan fingerprint density at radius 1 is 1.26 bits per heavy atom. The fraction of sp³-hybridized carbons (Fsp3) is 0.429. The van der Waals surface area contributed by atoms with Crippen molar-refractivity contribution in [2.45, 2.75) is 46.1 Å². The average molecular weight is 428 g/mol. The minimum atomic E-state index is -0.835. The number of para-hydroxylation sites is 1. The van der Waals surface area contributed by atoms with Crippen molar-refractivity contribution in [1.29, 1.82) is 0 Å². The number of carbonyl (C=O) groups excluding carboxylic acids is 3. The highest BCUT2D eigenvalue weighted by Gasteiger charge is 2.34. The van der Waals surface area contributed by atoms with E-state index in [0.29, 0.717) is 23.7 Å². The first-order valence-electron chi connectivity index (χ1n) is 10.2. The van der Waals surface area contributed by atoms with E-state index in [2.05, 4.69) is 26.4 Å². The third-order valence-electron chi connectivity index (χ3n) is 5.26. The van der Waals surface area contributed by atoms with Crippen molar-refractivity contribution in [2.24, 2.45) is 5.92 Å². The smallest absolute Gasteiger partial charge is 0.314 e. The van der Waals surface area contributed by atoms with Crippen LogP contribution in [-0.2, 0) is 20.9 Å². The molecule has 3 rings (SSSR count). The monoisotopic (exact) mass is 428 g/mol. The summed E-state index contributed by atoms with van der Waals surface area (Å²) < 4.78 is 6.71. The fourth-order valence-electron chi connectivity index (χ4n) is 3.63. The Balaban J connectivity index is 1.67. The Hall–Kier alpha value is -3.40. The molecule has 10 heteroatoms. The molecule has 1 fully saturated rings. The Kier molecular flexibility index (Phi) is 6.91. The number of methoxy groups -OCH3 is 1. The molecule has 1 aromatic carbocycles. The third kappa shape index (κ3) is 5.02. The van der Waals surface area contributed by atoms with Crippen molar-refractivity contribution < 1.29 is 19.1 Å². The van der Waals surface area contributed by atoms with Gasteiger partial charge < -0.3 is 20.7 Å². The van der Waals surface area contributed by atoms with E-state index in [4.69, 9.17) is 4.74 Å². The van der Waals surface area contributed by atoms with Crippen LogP contribution in [0.1, 0.15) is 37.8 Å².